The van der Waals surface area contributed by atoms with Gasteiger partial charge in [-0.3, -0.25) is 0 Å². The van der Waals surface area contributed by atoms with E-state index in [9.17, 15) is 35.1 Å². The van der Waals surface area contributed by atoms with Crippen LogP contribution in [-0.4, -0.2) is 109 Å². The van der Waals surface area contributed by atoms with Crippen LogP contribution < -0.4 is 9.47 Å². The van der Waals surface area contributed by atoms with Crippen molar-refractivity contribution in [3.05, 3.63) is 47.3 Å². The SMILES string of the molecule is COC(=O)C1=CO[C@@H](O[C@@H]2O[C@H](COC(=O)/C=C/c3cc(OC)c(O)c(OC)c3)[C@@H](O)[C@H](O)[C@H]2O)[C@@H]2C(CO)=CC[C@H]12. The quantitative estimate of drug-likeness (QED) is 0.135. The lowest BCUT2D eigenvalue weighted by Gasteiger charge is -2.43. The number of aliphatic hydroxyl groups is 4. The summed E-state index contributed by atoms with van der Waals surface area (Å²) in [7, 11) is 3.96. The number of ether oxygens (including phenoxy) is 7. The molecule has 0 bridgehead atoms. The van der Waals surface area contributed by atoms with Crippen LogP contribution in [0, 0.1) is 11.8 Å². The Labute approximate surface area is 240 Å². The number of fused-ring (bicyclic) bond motifs is 1. The normalized spacial score (nSPS) is 30.5. The second kappa shape index (κ2) is 13.5. The molecule has 1 saturated heterocycles. The van der Waals surface area contributed by atoms with E-state index in [0.29, 0.717) is 17.6 Å². The molecule has 1 fully saturated rings. The Balaban J connectivity index is 1.42. The Bertz CT molecular complexity index is 1210. The Kier molecular flexibility index (Phi) is 10.1. The molecule has 1 aromatic rings. The van der Waals surface area contributed by atoms with E-state index < -0.39 is 67.4 Å². The number of phenolic OH excluding ortho intramolecular Hbond substituents is 1. The largest absolute Gasteiger partial charge is 0.502 e. The second-order valence-electron chi connectivity index (χ2n) is 9.76. The topological polar surface area (TPSA) is 200 Å². The van der Waals surface area contributed by atoms with Gasteiger partial charge in [-0.05, 0) is 35.8 Å². The highest BCUT2D eigenvalue weighted by Crippen LogP contribution is 2.44. The van der Waals surface area contributed by atoms with Crippen LogP contribution in [0.15, 0.2) is 41.7 Å². The number of esters is 2. The van der Waals surface area contributed by atoms with E-state index in [0.717, 1.165) is 6.08 Å². The van der Waals surface area contributed by atoms with Gasteiger partial charge in [-0.2, -0.15) is 0 Å². The van der Waals surface area contributed by atoms with Gasteiger partial charge in [0.25, 0.3) is 0 Å². The van der Waals surface area contributed by atoms with Crippen molar-refractivity contribution in [1.82, 2.24) is 0 Å². The lowest BCUT2D eigenvalue weighted by Crippen LogP contribution is -2.60. The van der Waals surface area contributed by atoms with Crippen molar-refractivity contribution in [1.29, 1.82) is 0 Å². The molecule has 14 nitrogen and oxygen atoms in total. The van der Waals surface area contributed by atoms with Crippen molar-refractivity contribution < 1.29 is 68.3 Å². The van der Waals surface area contributed by atoms with Crippen LogP contribution in [0.4, 0.5) is 0 Å². The molecule has 1 aliphatic carbocycles. The average Bonchev–Trinajstić information content (AvgIpc) is 3.44. The predicted octanol–water partition coefficient (Wildman–Crippen LogP) is -0.242. The maximum Gasteiger partial charge on any atom is 0.337 e. The standard InChI is InChI=1S/C28H34O14/c1-36-17-8-13(9-18(37-2)22(17)31)4-7-20(30)39-12-19-23(32)24(33)25(34)28(41-19)42-27-21-14(10-29)5-6-15(21)16(11-40-27)26(35)38-3/h4-5,7-9,11,15,19,21,23-25,27-29,31-34H,6,10,12H2,1-3H3/b7-4+/t15-,19-,21-,23-,24+,25-,27+,28+/m1/s1. The van der Waals surface area contributed by atoms with Gasteiger partial charge in [-0.25, -0.2) is 9.59 Å². The van der Waals surface area contributed by atoms with Crippen LogP contribution in [0.2, 0.25) is 0 Å². The summed E-state index contributed by atoms with van der Waals surface area (Å²) in [4.78, 5) is 24.6. The molecule has 8 atom stereocenters. The molecule has 230 valence electrons. The first-order valence-corrected chi connectivity index (χ1v) is 13.0. The van der Waals surface area contributed by atoms with Crippen molar-refractivity contribution in [2.45, 2.75) is 43.4 Å². The highest BCUT2D eigenvalue weighted by atomic mass is 16.8. The van der Waals surface area contributed by atoms with E-state index in [1.165, 1.54) is 45.8 Å². The highest BCUT2D eigenvalue weighted by molar-refractivity contribution is 5.89. The summed E-state index contributed by atoms with van der Waals surface area (Å²) < 4.78 is 37.3. The molecule has 2 aliphatic heterocycles. The van der Waals surface area contributed by atoms with E-state index in [1.54, 1.807) is 6.08 Å². The summed E-state index contributed by atoms with van der Waals surface area (Å²) in [6, 6.07) is 2.94. The number of phenols is 1. The summed E-state index contributed by atoms with van der Waals surface area (Å²) in [5.41, 5.74) is 1.26. The number of benzene rings is 1. The molecule has 2 heterocycles. The number of hydrogen-bond donors (Lipinski definition) is 5. The van der Waals surface area contributed by atoms with Gasteiger partial charge in [-0.1, -0.05) is 6.08 Å². The summed E-state index contributed by atoms with van der Waals surface area (Å²) >= 11 is 0. The predicted molar refractivity (Wildman–Crippen MR) is 141 cm³/mol. The van der Waals surface area contributed by atoms with Crippen molar-refractivity contribution in [3.63, 3.8) is 0 Å². The first-order valence-electron chi connectivity index (χ1n) is 13.0. The van der Waals surface area contributed by atoms with Crippen LogP contribution in [0.1, 0.15) is 12.0 Å². The van der Waals surface area contributed by atoms with E-state index >= 15 is 0 Å². The van der Waals surface area contributed by atoms with Gasteiger partial charge in [0, 0.05) is 12.0 Å². The van der Waals surface area contributed by atoms with Crippen molar-refractivity contribution in [2.75, 3.05) is 34.5 Å². The van der Waals surface area contributed by atoms with Crippen LogP contribution in [0.3, 0.4) is 0 Å². The van der Waals surface area contributed by atoms with Crippen molar-refractivity contribution in [3.8, 4) is 17.2 Å². The Morgan fingerprint density at radius 2 is 1.71 bits per heavy atom. The summed E-state index contributed by atoms with van der Waals surface area (Å²) in [5, 5.41) is 51.4. The third-order valence-corrected chi connectivity index (χ3v) is 7.36. The van der Waals surface area contributed by atoms with Gasteiger partial charge >= 0.3 is 11.9 Å². The van der Waals surface area contributed by atoms with Gasteiger partial charge in [0.05, 0.1) is 45.7 Å². The number of allylic oxidation sites excluding steroid dienone is 1. The zero-order valence-corrected chi connectivity index (χ0v) is 23.1. The number of rotatable bonds is 10. The zero-order valence-electron chi connectivity index (χ0n) is 23.1. The molecule has 0 unspecified atom stereocenters. The van der Waals surface area contributed by atoms with E-state index in [2.05, 4.69) is 0 Å². The van der Waals surface area contributed by atoms with Gasteiger partial charge < -0.3 is 58.7 Å². The molecule has 14 heteroatoms. The fourth-order valence-electron chi connectivity index (χ4n) is 5.11. The lowest BCUT2D eigenvalue weighted by molar-refractivity contribution is -0.339. The van der Waals surface area contributed by atoms with Crippen molar-refractivity contribution in [2.24, 2.45) is 11.8 Å². The molecule has 1 aromatic carbocycles. The van der Waals surface area contributed by atoms with Crippen LogP contribution in [0.5, 0.6) is 17.2 Å². The van der Waals surface area contributed by atoms with E-state index in [-0.39, 0.29) is 29.4 Å². The van der Waals surface area contributed by atoms with Gasteiger partial charge in [0.2, 0.25) is 12.0 Å². The highest BCUT2D eigenvalue weighted by Gasteiger charge is 2.50. The molecule has 3 aliphatic rings. The molecule has 0 saturated carbocycles. The Hall–Kier alpha value is -3.66. The number of carbonyl (C=O) groups is 2. The third kappa shape index (κ3) is 6.38. The third-order valence-electron chi connectivity index (χ3n) is 7.36. The molecular weight excluding hydrogens is 560 g/mol. The molecule has 5 N–H and O–H groups in total. The number of aromatic hydroxyl groups is 1. The molecule has 0 radical (unpaired) electrons. The fourth-order valence-corrected chi connectivity index (χ4v) is 5.11. The fraction of sp³-hybridized carbons (Fsp3) is 0.500. The zero-order chi connectivity index (χ0) is 30.6. The van der Waals surface area contributed by atoms with Gasteiger partial charge in [0.15, 0.2) is 17.8 Å². The Morgan fingerprint density at radius 3 is 2.33 bits per heavy atom. The molecular formula is C28H34O14. The van der Waals surface area contributed by atoms with E-state index in [1.807, 2.05) is 0 Å². The minimum absolute atomic E-state index is 0.129. The summed E-state index contributed by atoms with van der Waals surface area (Å²) in [6.07, 6.45) is -3.18. The van der Waals surface area contributed by atoms with Crippen molar-refractivity contribution >= 4 is 18.0 Å². The van der Waals surface area contributed by atoms with Gasteiger partial charge in [-0.15, -0.1) is 0 Å². The second-order valence-corrected chi connectivity index (χ2v) is 9.76. The van der Waals surface area contributed by atoms with E-state index in [4.69, 9.17) is 33.2 Å². The Morgan fingerprint density at radius 1 is 1.02 bits per heavy atom. The average molecular weight is 595 g/mol. The summed E-state index contributed by atoms with van der Waals surface area (Å²) in [5.74, 6) is -2.40. The minimum atomic E-state index is -1.73. The van der Waals surface area contributed by atoms with Crippen LogP contribution >= 0.6 is 0 Å². The maximum atomic E-state index is 12.4. The monoisotopic (exact) mass is 594 g/mol. The first-order chi connectivity index (χ1) is 20.1. The molecule has 0 spiro atoms. The molecule has 0 amide bonds. The lowest BCUT2D eigenvalue weighted by atomic mass is 9.83. The van der Waals surface area contributed by atoms with Crippen LogP contribution in [-0.2, 0) is 33.3 Å². The molecule has 0 aromatic heterocycles. The molecule has 4 rings (SSSR count). The number of methoxy groups -OCH3 is 3. The van der Waals surface area contributed by atoms with Gasteiger partial charge in [0.1, 0.15) is 31.0 Å². The first kappa shape index (κ1) is 31.3. The van der Waals surface area contributed by atoms with Crippen LogP contribution in [0.25, 0.3) is 6.08 Å². The number of carbonyl (C=O) groups excluding carboxylic acids is 2. The summed E-state index contributed by atoms with van der Waals surface area (Å²) in [6.45, 7) is -0.841. The smallest absolute Gasteiger partial charge is 0.337 e. The molecule has 42 heavy (non-hydrogen) atoms. The number of aliphatic hydroxyl groups excluding tert-OH is 4. The maximum absolute atomic E-state index is 12.4. The number of hydrogen-bond acceptors (Lipinski definition) is 14. The minimum Gasteiger partial charge on any atom is -0.502 e.